The molecule has 0 heterocycles. The molecule has 0 aromatic heterocycles. The summed E-state index contributed by atoms with van der Waals surface area (Å²) < 4.78 is 0. The van der Waals surface area contributed by atoms with Crippen LogP contribution in [0, 0.1) is 5.92 Å². The summed E-state index contributed by atoms with van der Waals surface area (Å²) in [7, 11) is 0. The molecule has 0 aromatic carbocycles. The minimum atomic E-state index is 0.456. The van der Waals surface area contributed by atoms with Gasteiger partial charge in [0.25, 0.3) is 0 Å². The number of hydrogen-bond acceptors (Lipinski definition) is 1. The van der Waals surface area contributed by atoms with Crippen molar-refractivity contribution in [3.63, 3.8) is 0 Å². The lowest BCUT2D eigenvalue weighted by Gasteiger charge is -2.41. The van der Waals surface area contributed by atoms with E-state index in [9.17, 15) is 0 Å². The molecule has 1 rings (SSSR count). The Morgan fingerprint density at radius 1 is 1.14 bits per heavy atom. The zero-order chi connectivity index (χ0) is 10.6. The van der Waals surface area contributed by atoms with Crippen molar-refractivity contribution in [1.29, 1.82) is 0 Å². The van der Waals surface area contributed by atoms with Crippen molar-refractivity contribution in [2.75, 3.05) is 13.1 Å². The molecule has 0 N–H and O–H groups in total. The van der Waals surface area contributed by atoms with Gasteiger partial charge in [-0.15, -0.1) is 0 Å². The molecule has 0 saturated heterocycles. The van der Waals surface area contributed by atoms with Crippen molar-refractivity contribution in [3.8, 4) is 0 Å². The van der Waals surface area contributed by atoms with Gasteiger partial charge in [0.15, 0.2) is 0 Å². The van der Waals surface area contributed by atoms with Crippen LogP contribution in [0.1, 0.15) is 47.0 Å². The Kier molecular flexibility index (Phi) is 4.18. The van der Waals surface area contributed by atoms with Crippen LogP contribution >= 0.6 is 0 Å². The van der Waals surface area contributed by atoms with E-state index in [1.165, 1.54) is 32.4 Å². The van der Waals surface area contributed by atoms with Gasteiger partial charge in [0.05, 0.1) is 0 Å². The molecule has 0 spiro atoms. The van der Waals surface area contributed by atoms with Crippen LogP contribution in [-0.2, 0) is 0 Å². The summed E-state index contributed by atoms with van der Waals surface area (Å²) in [6, 6.07) is 0. The maximum Gasteiger partial charge on any atom is 0.0280 e. The Labute approximate surface area is 89.2 Å². The summed E-state index contributed by atoms with van der Waals surface area (Å²) >= 11 is 0. The maximum absolute atomic E-state index is 2.65. The molecular weight excluding hydrogens is 170 g/mol. The molecule has 1 aliphatic carbocycles. The van der Waals surface area contributed by atoms with Crippen LogP contribution in [0.3, 0.4) is 0 Å². The van der Waals surface area contributed by atoms with E-state index in [1.807, 2.05) is 0 Å². The largest absolute Gasteiger partial charge is 0.298 e. The van der Waals surface area contributed by atoms with Crippen molar-refractivity contribution >= 4 is 0 Å². The van der Waals surface area contributed by atoms with Crippen molar-refractivity contribution in [1.82, 2.24) is 4.90 Å². The first kappa shape index (κ1) is 11.8. The van der Waals surface area contributed by atoms with Gasteiger partial charge in [0, 0.05) is 5.54 Å². The lowest BCUT2D eigenvalue weighted by atomic mass is 9.85. The van der Waals surface area contributed by atoms with Gasteiger partial charge in [-0.2, -0.15) is 0 Å². The quantitative estimate of drug-likeness (QED) is 0.607. The molecule has 0 atom stereocenters. The Hall–Kier alpha value is -0.300. The Balaban J connectivity index is 2.70. The highest BCUT2D eigenvalue weighted by atomic mass is 15.2. The highest BCUT2D eigenvalue weighted by molar-refractivity contribution is 5.09. The highest BCUT2D eigenvalue weighted by Crippen LogP contribution is 2.36. The van der Waals surface area contributed by atoms with E-state index in [4.69, 9.17) is 0 Å². The minimum absolute atomic E-state index is 0.456. The van der Waals surface area contributed by atoms with Gasteiger partial charge in [-0.1, -0.05) is 39.8 Å². The number of rotatable bonds is 5. The first-order valence-corrected chi connectivity index (χ1v) is 6.04. The van der Waals surface area contributed by atoms with Gasteiger partial charge in [-0.05, 0) is 38.3 Å². The SMILES string of the molecule is CCN(CC)C1(CC(C)C)CC=CC1. The van der Waals surface area contributed by atoms with E-state index in [1.54, 1.807) is 0 Å². The van der Waals surface area contributed by atoms with Crippen molar-refractivity contribution in [3.05, 3.63) is 12.2 Å². The molecule has 14 heavy (non-hydrogen) atoms. The summed E-state index contributed by atoms with van der Waals surface area (Å²) in [6.07, 6.45) is 8.57. The Morgan fingerprint density at radius 3 is 2.00 bits per heavy atom. The van der Waals surface area contributed by atoms with Crippen molar-refractivity contribution in [2.45, 2.75) is 52.5 Å². The zero-order valence-corrected chi connectivity index (χ0v) is 10.2. The second kappa shape index (κ2) is 4.97. The average molecular weight is 195 g/mol. The summed E-state index contributed by atoms with van der Waals surface area (Å²) in [5.41, 5.74) is 0.456. The third-order valence-corrected chi connectivity index (χ3v) is 3.38. The van der Waals surface area contributed by atoms with Crippen molar-refractivity contribution < 1.29 is 0 Å². The molecule has 1 aliphatic rings. The molecular formula is C13H25N. The Morgan fingerprint density at radius 2 is 1.64 bits per heavy atom. The second-order valence-electron chi connectivity index (χ2n) is 4.87. The van der Waals surface area contributed by atoms with Gasteiger partial charge in [-0.25, -0.2) is 0 Å². The van der Waals surface area contributed by atoms with E-state index in [0.29, 0.717) is 5.54 Å². The fraction of sp³-hybridized carbons (Fsp3) is 0.846. The summed E-state index contributed by atoms with van der Waals surface area (Å²) in [4.78, 5) is 2.65. The maximum atomic E-state index is 2.65. The number of nitrogens with zero attached hydrogens (tertiary/aromatic N) is 1. The van der Waals surface area contributed by atoms with Crippen LogP contribution in [0.4, 0.5) is 0 Å². The third kappa shape index (κ3) is 2.38. The van der Waals surface area contributed by atoms with Gasteiger partial charge >= 0.3 is 0 Å². The van der Waals surface area contributed by atoms with Crippen LogP contribution in [0.15, 0.2) is 12.2 Å². The van der Waals surface area contributed by atoms with Gasteiger partial charge < -0.3 is 0 Å². The standard InChI is InChI=1S/C13H25N/c1-5-14(6-2)13(11-12(3)4)9-7-8-10-13/h7-8,12H,5-6,9-11H2,1-4H3. The first-order chi connectivity index (χ1) is 6.64. The predicted octanol–water partition coefficient (Wildman–Crippen LogP) is 3.46. The summed E-state index contributed by atoms with van der Waals surface area (Å²) in [5, 5.41) is 0. The predicted molar refractivity (Wildman–Crippen MR) is 63.5 cm³/mol. The molecule has 82 valence electrons. The van der Waals surface area contributed by atoms with Crippen molar-refractivity contribution in [2.24, 2.45) is 5.92 Å². The second-order valence-corrected chi connectivity index (χ2v) is 4.87. The van der Waals surface area contributed by atoms with Crippen LogP contribution in [0.2, 0.25) is 0 Å². The zero-order valence-electron chi connectivity index (χ0n) is 10.2. The molecule has 0 fully saturated rings. The minimum Gasteiger partial charge on any atom is -0.298 e. The molecule has 1 heteroatoms. The molecule has 0 radical (unpaired) electrons. The van der Waals surface area contributed by atoms with Gasteiger partial charge in [0.1, 0.15) is 0 Å². The molecule has 0 saturated carbocycles. The normalized spacial score (nSPS) is 19.9. The molecule has 1 nitrogen and oxygen atoms in total. The lowest BCUT2D eigenvalue weighted by Crippen LogP contribution is -2.47. The van der Waals surface area contributed by atoms with E-state index >= 15 is 0 Å². The third-order valence-electron chi connectivity index (χ3n) is 3.38. The molecule has 0 bridgehead atoms. The average Bonchev–Trinajstić information content (AvgIpc) is 2.55. The van der Waals surface area contributed by atoms with Crippen LogP contribution < -0.4 is 0 Å². The smallest absolute Gasteiger partial charge is 0.0280 e. The van der Waals surface area contributed by atoms with Crippen LogP contribution in [0.25, 0.3) is 0 Å². The molecule has 0 aromatic rings. The first-order valence-electron chi connectivity index (χ1n) is 6.04. The topological polar surface area (TPSA) is 3.24 Å². The monoisotopic (exact) mass is 195 g/mol. The van der Waals surface area contributed by atoms with E-state index in [0.717, 1.165) is 5.92 Å². The van der Waals surface area contributed by atoms with Gasteiger partial charge in [0.2, 0.25) is 0 Å². The fourth-order valence-corrected chi connectivity index (χ4v) is 2.90. The Bertz CT molecular complexity index is 181. The number of hydrogen-bond donors (Lipinski definition) is 0. The molecule has 0 aliphatic heterocycles. The highest BCUT2D eigenvalue weighted by Gasteiger charge is 2.35. The molecule has 0 amide bonds. The van der Waals surface area contributed by atoms with E-state index in [2.05, 4.69) is 44.7 Å². The van der Waals surface area contributed by atoms with E-state index in [-0.39, 0.29) is 0 Å². The van der Waals surface area contributed by atoms with Crippen LogP contribution in [0.5, 0.6) is 0 Å². The van der Waals surface area contributed by atoms with Gasteiger partial charge in [-0.3, -0.25) is 4.90 Å². The molecule has 0 unspecified atom stereocenters. The fourth-order valence-electron chi connectivity index (χ4n) is 2.90. The van der Waals surface area contributed by atoms with Crippen LogP contribution in [-0.4, -0.2) is 23.5 Å². The van der Waals surface area contributed by atoms with E-state index < -0.39 is 0 Å². The summed E-state index contributed by atoms with van der Waals surface area (Å²) in [5.74, 6) is 0.801. The lowest BCUT2D eigenvalue weighted by molar-refractivity contribution is 0.0878. The summed E-state index contributed by atoms with van der Waals surface area (Å²) in [6.45, 7) is 11.6.